The van der Waals surface area contributed by atoms with Gasteiger partial charge in [-0.2, -0.15) is 0 Å². The highest BCUT2D eigenvalue weighted by atomic mass is 35.5. The van der Waals surface area contributed by atoms with E-state index >= 15 is 0 Å². The largest absolute Gasteiger partial charge is 0.497 e. The fourth-order valence-corrected chi connectivity index (χ4v) is 4.54. The zero-order chi connectivity index (χ0) is 20.2. The number of rotatable bonds is 7. The minimum absolute atomic E-state index is 0.0100. The van der Waals surface area contributed by atoms with Gasteiger partial charge in [0.1, 0.15) is 18.1 Å². The second-order valence-corrected chi connectivity index (χ2v) is 7.86. The van der Waals surface area contributed by atoms with E-state index in [-0.39, 0.29) is 5.78 Å². The number of halogens is 1. The lowest BCUT2D eigenvalue weighted by atomic mass is 9.97. The van der Waals surface area contributed by atoms with E-state index < -0.39 is 0 Å². The predicted octanol–water partition coefficient (Wildman–Crippen LogP) is 6.43. The highest BCUT2D eigenvalue weighted by Gasteiger charge is 2.21. The lowest BCUT2D eigenvalue weighted by Gasteiger charge is -2.07. The summed E-state index contributed by atoms with van der Waals surface area (Å²) in [5.74, 6) is 1.89. The van der Waals surface area contributed by atoms with Gasteiger partial charge in [-0.25, -0.2) is 0 Å². The van der Waals surface area contributed by atoms with E-state index in [1.165, 1.54) is 0 Å². The summed E-state index contributed by atoms with van der Waals surface area (Å²) in [6.07, 6.45) is 0. The molecule has 0 amide bonds. The molecule has 5 heteroatoms. The van der Waals surface area contributed by atoms with Gasteiger partial charge in [-0.15, -0.1) is 22.9 Å². The summed E-state index contributed by atoms with van der Waals surface area (Å²) in [5, 5.41) is 0.933. The molecule has 0 saturated heterocycles. The first-order valence-electron chi connectivity index (χ1n) is 9.20. The van der Waals surface area contributed by atoms with Gasteiger partial charge in [-0.05, 0) is 48.0 Å². The lowest BCUT2D eigenvalue weighted by molar-refractivity contribution is 0.104. The Morgan fingerprint density at radius 1 is 0.966 bits per heavy atom. The Bertz CT molecular complexity index is 1130. The molecular weight excluding hydrogens is 404 g/mol. The van der Waals surface area contributed by atoms with Crippen LogP contribution in [0.4, 0.5) is 0 Å². The van der Waals surface area contributed by atoms with Gasteiger partial charge in [-0.1, -0.05) is 30.3 Å². The SMILES string of the molecule is COc1ccc2c(C(=O)c3ccc(OCCCl)cc3)c(-c3ccccc3)sc2c1. The van der Waals surface area contributed by atoms with Gasteiger partial charge in [0.2, 0.25) is 0 Å². The van der Waals surface area contributed by atoms with Crippen molar-refractivity contribution in [3.05, 3.63) is 83.9 Å². The number of carbonyl (C=O) groups is 1. The van der Waals surface area contributed by atoms with Crippen molar-refractivity contribution in [1.82, 2.24) is 0 Å². The van der Waals surface area contributed by atoms with E-state index in [0.717, 1.165) is 26.3 Å². The van der Waals surface area contributed by atoms with E-state index in [1.807, 2.05) is 48.5 Å². The smallest absolute Gasteiger partial charge is 0.195 e. The molecule has 0 fully saturated rings. The normalized spacial score (nSPS) is 10.8. The monoisotopic (exact) mass is 422 g/mol. The number of hydrogen-bond acceptors (Lipinski definition) is 4. The van der Waals surface area contributed by atoms with E-state index in [1.54, 1.807) is 42.7 Å². The fourth-order valence-electron chi connectivity index (χ4n) is 3.23. The standard InChI is InChI=1S/C24H19ClO3S/c1-27-19-11-12-20-21(15-19)29-24(17-5-3-2-4-6-17)22(20)23(26)16-7-9-18(10-8-16)28-14-13-25/h2-12,15H,13-14H2,1H3. The average Bonchev–Trinajstić information content (AvgIpc) is 3.16. The lowest BCUT2D eigenvalue weighted by Crippen LogP contribution is -2.03. The number of benzene rings is 3. The maximum Gasteiger partial charge on any atom is 0.195 e. The molecule has 0 aliphatic rings. The fraction of sp³-hybridized carbons (Fsp3) is 0.125. The molecule has 0 N–H and O–H groups in total. The molecule has 0 saturated carbocycles. The maximum atomic E-state index is 13.5. The van der Waals surface area contributed by atoms with Gasteiger partial charge in [-0.3, -0.25) is 4.79 Å². The molecule has 29 heavy (non-hydrogen) atoms. The minimum atomic E-state index is -0.0100. The summed E-state index contributed by atoms with van der Waals surface area (Å²) in [6, 6.07) is 23.0. The summed E-state index contributed by atoms with van der Waals surface area (Å²) in [6.45, 7) is 0.435. The summed E-state index contributed by atoms with van der Waals surface area (Å²) in [7, 11) is 1.65. The predicted molar refractivity (Wildman–Crippen MR) is 120 cm³/mol. The maximum absolute atomic E-state index is 13.5. The molecule has 4 rings (SSSR count). The van der Waals surface area contributed by atoms with Crippen LogP contribution in [0.25, 0.3) is 20.5 Å². The third kappa shape index (κ3) is 4.00. The Hall–Kier alpha value is -2.82. The summed E-state index contributed by atoms with van der Waals surface area (Å²) < 4.78 is 11.9. The Morgan fingerprint density at radius 3 is 2.38 bits per heavy atom. The number of methoxy groups -OCH3 is 1. The van der Waals surface area contributed by atoms with Crippen LogP contribution in [0.15, 0.2) is 72.8 Å². The van der Waals surface area contributed by atoms with Crippen molar-refractivity contribution in [2.24, 2.45) is 0 Å². The van der Waals surface area contributed by atoms with Gasteiger partial charge < -0.3 is 9.47 Å². The summed E-state index contributed by atoms with van der Waals surface area (Å²) >= 11 is 7.27. The molecule has 0 bridgehead atoms. The molecule has 0 aliphatic carbocycles. The first-order valence-corrected chi connectivity index (χ1v) is 10.6. The van der Waals surface area contributed by atoms with Gasteiger partial charge in [0.05, 0.1) is 13.0 Å². The van der Waals surface area contributed by atoms with E-state index in [2.05, 4.69) is 0 Å². The van der Waals surface area contributed by atoms with Crippen molar-refractivity contribution in [3.8, 4) is 21.9 Å². The topological polar surface area (TPSA) is 35.5 Å². The van der Waals surface area contributed by atoms with Crippen LogP contribution in [0.1, 0.15) is 15.9 Å². The molecule has 0 radical (unpaired) electrons. The number of carbonyl (C=O) groups excluding carboxylic acids is 1. The number of thiophene rings is 1. The van der Waals surface area contributed by atoms with Crippen LogP contribution in [-0.2, 0) is 0 Å². The molecular formula is C24H19ClO3S. The molecule has 3 nitrogen and oxygen atoms in total. The zero-order valence-corrected chi connectivity index (χ0v) is 17.4. The van der Waals surface area contributed by atoms with Crippen LogP contribution in [0.5, 0.6) is 11.5 Å². The van der Waals surface area contributed by atoms with Crippen molar-refractivity contribution in [2.75, 3.05) is 19.6 Å². The van der Waals surface area contributed by atoms with Crippen molar-refractivity contribution in [3.63, 3.8) is 0 Å². The van der Waals surface area contributed by atoms with Gasteiger partial charge >= 0.3 is 0 Å². The molecule has 4 aromatic rings. The van der Waals surface area contributed by atoms with Gasteiger partial charge in [0, 0.05) is 26.1 Å². The van der Waals surface area contributed by atoms with Crippen LogP contribution < -0.4 is 9.47 Å². The Morgan fingerprint density at radius 2 is 1.69 bits per heavy atom. The number of hydrogen-bond donors (Lipinski definition) is 0. The zero-order valence-electron chi connectivity index (χ0n) is 15.9. The highest BCUT2D eigenvalue weighted by Crippen LogP contribution is 2.41. The number of alkyl halides is 1. The van der Waals surface area contributed by atoms with Crippen molar-refractivity contribution in [2.45, 2.75) is 0 Å². The number of ketones is 1. The molecule has 3 aromatic carbocycles. The van der Waals surface area contributed by atoms with Crippen LogP contribution in [0.3, 0.4) is 0 Å². The number of fused-ring (bicyclic) bond motifs is 1. The Kier molecular flexibility index (Phi) is 5.84. The van der Waals surface area contributed by atoms with Crippen molar-refractivity contribution >= 4 is 38.8 Å². The van der Waals surface area contributed by atoms with Crippen molar-refractivity contribution in [1.29, 1.82) is 0 Å². The molecule has 0 unspecified atom stereocenters. The van der Waals surface area contributed by atoms with Crippen LogP contribution in [0.2, 0.25) is 0 Å². The molecule has 0 atom stereocenters. The van der Waals surface area contributed by atoms with Crippen LogP contribution >= 0.6 is 22.9 Å². The molecule has 1 aromatic heterocycles. The molecule has 1 heterocycles. The second-order valence-electron chi connectivity index (χ2n) is 6.43. The summed E-state index contributed by atoms with van der Waals surface area (Å²) in [5.41, 5.74) is 2.36. The Balaban J connectivity index is 1.81. The van der Waals surface area contributed by atoms with E-state index in [9.17, 15) is 4.79 Å². The average molecular weight is 423 g/mol. The minimum Gasteiger partial charge on any atom is -0.497 e. The van der Waals surface area contributed by atoms with Gasteiger partial charge in [0.15, 0.2) is 5.78 Å². The third-order valence-electron chi connectivity index (χ3n) is 4.62. The Labute approximate surface area is 178 Å². The summed E-state index contributed by atoms with van der Waals surface area (Å²) in [4.78, 5) is 14.5. The van der Waals surface area contributed by atoms with Crippen LogP contribution in [0, 0.1) is 0 Å². The second kappa shape index (κ2) is 8.68. The first-order chi connectivity index (χ1) is 14.2. The molecule has 0 aliphatic heterocycles. The molecule has 0 spiro atoms. The molecule has 146 valence electrons. The van der Waals surface area contributed by atoms with Gasteiger partial charge in [0.25, 0.3) is 0 Å². The highest BCUT2D eigenvalue weighted by molar-refractivity contribution is 7.22. The third-order valence-corrected chi connectivity index (χ3v) is 5.98. The first kappa shape index (κ1) is 19.5. The quantitative estimate of drug-likeness (QED) is 0.254. The van der Waals surface area contributed by atoms with Crippen molar-refractivity contribution < 1.29 is 14.3 Å². The van der Waals surface area contributed by atoms with E-state index in [4.69, 9.17) is 21.1 Å². The number of ether oxygens (including phenoxy) is 2. The van der Waals surface area contributed by atoms with Crippen LogP contribution in [-0.4, -0.2) is 25.4 Å². The van der Waals surface area contributed by atoms with E-state index in [0.29, 0.717) is 29.4 Å².